The lowest BCUT2D eigenvalue weighted by molar-refractivity contribution is -0.130. The summed E-state index contributed by atoms with van der Waals surface area (Å²) in [7, 11) is 0. The van der Waals surface area contributed by atoms with Crippen molar-refractivity contribution in [3.05, 3.63) is 101 Å². The number of nitrogens with one attached hydrogen (secondary N) is 4. The molecular formula is C28H29F2N5O4. The quantitative estimate of drug-likeness (QED) is 0.140. The smallest absolute Gasteiger partial charge is 0.267 e. The fourth-order valence-corrected chi connectivity index (χ4v) is 3.24. The van der Waals surface area contributed by atoms with Crippen molar-refractivity contribution in [2.75, 3.05) is 18.4 Å². The van der Waals surface area contributed by atoms with Gasteiger partial charge in [-0.05, 0) is 60.7 Å². The molecule has 3 amide bonds. The van der Waals surface area contributed by atoms with E-state index >= 15 is 0 Å². The molecule has 11 heteroatoms. The third kappa shape index (κ3) is 9.01. The summed E-state index contributed by atoms with van der Waals surface area (Å²) in [6.07, 6.45) is 0. The molecule has 0 aromatic heterocycles. The van der Waals surface area contributed by atoms with E-state index in [0.717, 1.165) is 12.1 Å². The van der Waals surface area contributed by atoms with Gasteiger partial charge in [-0.2, -0.15) is 0 Å². The van der Waals surface area contributed by atoms with Gasteiger partial charge in [-0.25, -0.2) is 14.3 Å². The van der Waals surface area contributed by atoms with Crippen molar-refractivity contribution < 1.29 is 28.4 Å². The summed E-state index contributed by atoms with van der Waals surface area (Å²) >= 11 is 0. The lowest BCUT2D eigenvalue weighted by Crippen LogP contribution is -2.50. The molecule has 1 atom stereocenters. The summed E-state index contributed by atoms with van der Waals surface area (Å²) in [4.78, 5) is 35.8. The summed E-state index contributed by atoms with van der Waals surface area (Å²) in [5.74, 6) is 2.85. The second-order valence-corrected chi connectivity index (χ2v) is 7.99. The van der Waals surface area contributed by atoms with E-state index in [9.17, 15) is 23.2 Å². The zero-order chi connectivity index (χ0) is 27.5. The van der Waals surface area contributed by atoms with Crippen LogP contribution in [0.1, 0.15) is 34.5 Å². The lowest BCUT2D eigenvalue weighted by Gasteiger charge is -2.14. The average molecular weight is 538 g/mol. The minimum absolute atomic E-state index is 0. The van der Waals surface area contributed by atoms with Crippen molar-refractivity contribution in [1.29, 1.82) is 0 Å². The number of carbonyl (C=O) groups is 3. The minimum atomic E-state index is -1.07. The first-order valence-electron chi connectivity index (χ1n) is 11.4. The molecule has 3 aromatic rings. The molecule has 0 aliphatic heterocycles. The van der Waals surface area contributed by atoms with E-state index in [2.05, 4.69) is 27.8 Å². The second kappa shape index (κ2) is 14.9. The van der Waals surface area contributed by atoms with Gasteiger partial charge in [0.05, 0.1) is 6.54 Å². The predicted molar refractivity (Wildman–Crippen MR) is 143 cm³/mol. The van der Waals surface area contributed by atoms with Crippen molar-refractivity contribution in [3.63, 3.8) is 0 Å². The summed E-state index contributed by atoms with van der Waals surface area (Å²) in [5.41, 5.74) is 8.87. The second-order valence-electron chi connectivity index (χ2n) is 7.99. The fraction of sp³-hybridized carbons (Fsp3) is 0.179. The maximum absolute atomic E-state index is 13.6. The Kier molecular flexibility index (Phi) is 11.7. The maximum atomic E-state index is 13.6. The van der Waals surface area contributed by atoms with Gasteiger partial charge < -0.3 is 21.7 Å². The molecule has 9 nitrogen and oxygen atoms in total. The van der Waals surface area contributed by atoms with Gasteiger partial charge in [0.15, 0.2) is 0 Å². The van der Waals surface area contributed by atoms with Crippen LogP contribution in [0.15, 0.2) is 66.7 Å². The molecule has 0 heterocycles. The third-order valence-corrected chi connectivity index (χ3v) is 5.28. The third-order valence-electron chi connectivity index (χ3n) is 5.28. The fourth-order valence-electron chi connectivity index (χ4n) is 3.24. The van der Waals surface area contributed by atoms with Gasteiger partial charge in [0, 0.05) is 41.0 Å². The molecule has 3 rings (SSSR count). The van der Waals surface area contributed by atoms with Crippen LogP contribution in [0.4, 0.5) is 14.5 Å². The van der Waals surface area contributed by atoms with Crippen molar-refractivity contribution >= 4 is 23.4 Å². The number of benzene rings is 3. The average Bonchev–Trinajstić information content (AvgIpc) is 2.92. The van der Waals surface area contributed by atoms with Crippen molar-refractivity contribution in [2.45, 2.75) is 20.0 Å². The first kappa shape index (κ1) is 30.6. The molecular weight excluding hydrogens is 508 g/mol. The van der Waals surface area contributed by atoms with E-state index in [1.165, 1.54) is 23.7 Å². The molecule has 0 unspecified atom stereocenters. The number of hydroxylamine groups is 1. The molecule has 0 aliphatic rings. The first-order chi connectivity index (χ1) is 18.3. The van der Waals surface area contributed by atoms with Gasteiger partial charge in [-0.1, -0.05) is 25.3 Å². The molecule has 7 N–H and O–H groups in total. The van der Waals surface area contributed by atoms with Crippen LogP contribution in [-0.2, 0) is 16.1 Å². The van der Waals surface area contributed by atoms with Crippen molar-refractivity contribution in [1.82, 2.24) is 16.1 Å². The summed E-state index contributed by atoms with van der Waals surface area (Å²) in [6, 6.07) is 15.6. The number of hydrogen-bond donors (Lipinski definition) is 6. The van der Waals surface area contributed by atoms with Crippen molar-refractivity contribution in [3.8, 4) is 11.8 Å². The topological polar surface area (TPSA) is 146 Å². The van der Waals surface area contributed by atoms with Crippen LogP contribution in [0.3, 0.4) is 0 Å². The van der Waals surface area contributed by atoms with E-state index in [-0.39, 0.29) is 44.1 Å². The Morgan fingerprint density at radius 1 is 0.897 bits per heavy atom. The highest BCUT2D eigenvalue weighted by Crippen LogP contribution is 2.12. The molecule has 3 aromatic carbocycles. The number of carbonyl (C=O) groups excluding carboxylic acids is 3. The molecule has 39 heavy (non-hydrogen) atoms. The van der Waals surface area contributed by atoms with Crippen LogP contribution in [0.25, 0.3) is 0 Å². The van der Waals surface area contributed by atoms with Crippen LogP contribution < -0.4 is 27.2 Å². The van der Waals surface area contributed by atoms with E-state index in [0.29, 0.717) is 16.8 Å². The van der Waals surface area contributed by atoms with E-state index < -0.39 is 29.5 Å². The van der Waals surface area contributed by atoms with Gasteiger partial charge in [0.25, 0.3) is 11.8 Å². The molecule has 0 aliphatic carbocycles. The SMILES string of the molecule is C.NC[C@H](NC(=O)c1ccc(C#Cc2ccc(NC(=O)CNCc3c(F)cccc3F)cc2)cc1)C(=O)NO. The highest BCUT2D eigenvalue weighted by Gasteiger charge is 2.19. The summed E-state index contributed by atoms with van der Waals surface area (Å²) < 4.78 is 27.3. The van der Waals surface area contributed by atoms with Crippen LogP contribution in [0, 0.1) is 23.5 Å². The Bertz CT molecular complexity index is 1330. The number of amides is 3. The normalized spacial score (nSPS) is 10.8. The zero-order valence-corrected chi connectivity index (χ0v) is 20.1. The van der Waals surface area contributed by atoms with Crippen LogP contribution >= 0.6 is 0 Å². The number of hydrogen-bond acceptors (Lipinski definition) is 6. The van der Waals surface area contributed by atoms with Gasteiger partial charge in [-0.15, -0.1) is 0 Å². The zero-order valence-electron chi connectivity index (χ0n) is 20.1. The highest BCUT2D eigenvalue weighted by atomic mass is 19.1. The monoisotopic (exact) mass is 537 g/mol. The van der Waals surface area contributed by atoms with E-state index in [4.69, 9.17) is 10.9 Å². The van der Waals surface area contributed by atoms with Crippen molar-refractivity contribution in [2.24, 2.45) is 5.73 Å². The van der Waals surface area contributed by atoms with Crippen LogP contribution in [0.2, 0.25) is 0 Å². The molecule has 0 saturated heterocycles. The van der Waals surface area contributed by atoms with Gasteiger partial charge >= 0.3 is 0 Å². The predicted octanol–water partition coefficient (Wildman–Crippen LogP) is 2.29. The number of rotatable bonds is 9. The first-order valence-corrected chi connectivity index (χ1v) is 11.4. The Morgan fingerprint density at radius 2 is 1.46 bits per heavy atom. The molecule has 0 fully saturated rings. The number of nitrogens with two attached hydrogens (primary N) is 1. The Hall–Kier alpha value is -4.63. The minimum Gasteiger partial charge on any atom is -0.339 e. The molecule has 0 spiro atoms. The summed E-state index contributed by atoms with van der Waals surface area (Å²) in [5, 5.41) is 16.5. The maximum Gasteiger partial charge on any atom is 0.267 e. The lowest BCUT2D eigenvalue weighted by atomic mass is 10.1. The van der Waals surface area contributed by atoms with E-state index in [1.54, 1.807) is 36.4 Å². The van der Waals surface area contributed by atoms with Crippen LogP contribution in [-0.4, -0.2) is 42.1 Å². The summed E-state index contributed by atoms with van der Waals surface area (Å²) in [6.45, 7) is -0.441. The molecule has 0 radical (unpaired) electrons. The molecule has 0 bridgehead atoms. The van der Waals surface area contributed by atoms with Gasteiger partial charge in [0.2, 0.25) is 5.91 Å². The number of halogens is 2. The highest BCUT2D eigenvalue weighted by molar-refractivity contribution is 5.97. The Morgan fingerprint density at radius 3 is 2.00 bits per heavy atom. The Labute approximate surface area is 224 Å². The molecule has 0 saturated carbocycles. The van der Waals surface area contributed by atoms with E-state index in [1.807, 2.05) is 0 Å². The Balaban J connectivity index is 0.00000533. The van der Waals surface area contributed by atoms with Crippen LogP contribution in [0.5, 0.6) is 0 Å². The van der Waals surface area contributed by atoms with Gasteiger partial charge in [-0.3, -0.25) is 19.6 Å². The van der Waals surface area contributed by atoms with Gasteiger partial charge in [0.1, 0.15) is 17.7 Å². The molecule has 204 valence electrons. The standard InChI is InChI=1S/C27H25F2N5O4.CH4/c28-22-2-1-3-23(29)21(22)15-31-16-25(35)32-20-12-8-18(9-13-20)5-4-17-6-10-19(11-7-17)26(36)33-24(14-30)27(37)34-38;/h1-3,6-13,24,31,38H,14-16,30H2,(H,32,35)(H,33,36)(H,34,37);1H4/t24-;/m0./s1. The largest absolute Gasteiger partial charge is 0.339 e. The number of anilines is 1.